The van der Waals surface area contributed by atoms with Gasteiger partial charge in [0.15, 0.2) is 5.54 Å². The highest BCUT2D eigenvalue weighted by Gasteiger charge is 2.48. The van der Waals surface area contributed by atoms with E-state index in [0.717, 1.165) is 22.3 Å². The average Bonchev–Trinajstić information content (AvgIpc) is 3.19. The van der Waals surface area contributed by atoms with Gasteiger partial charge in [0.25, 0.3) is 6.02 Å². The standard InChI is InChI=1S/C26H24N4O3/c1-25(2,3)14-31-19-11-21-23(29-13-19)33-22-8-7-18(17-6-4-5-16(9-17)12-27)10-20(22)26(21)15-32-24(28)30-26/h4-11,13H,14-15H2,1-3H3,(H2,28,30)/t26-/m0/s1. The van der Waals surface area contributed by atoms with Crippen LogP contribution in [0.2, 0.25) is 0 Å². The number of hydrogen-bond acceptors (Lipinski definition) is 7. The van der Waals surface area contributed by atoms with Crippen molar-refractivity contribution in [2.75, 3.05) is 13.2 Å². The molecule has 3 aromatic rings. The predicted molar refractivity (Wildman–Crippen MR) is 124 cm³/mol. The van der Waals surface area contributed by atoms with Crippen molar-refractivity contribution in [2.24, 2.45) is 16.1 Å². The summed E-state index contributed by atoms with van der Waals surface area (Å²) in [6.45, 7) is 7.10. The Bertz CT molecular complexity index is 1320. The highest BCUT2D eigenvalue weighted by molar-refractivity contribution is 5.78. The normalized spacial score (nSPS) is 18.4. The van der Waals surface area contributed by atoms with E-state index in [2.05, 4.69) is 31.8 Å². The van der Waals surface area contributed by atoms with Crippen LogP contribution < -0.4 is 15.2 Å². The molecule has 5 rings (SSSR count). The molecule has 2 aliphatic rings. The molecular weight excluding hydrogens is 416 g/mol. The first-order valence-corrected chi connectivity index (χ1v) is 10.7. The van der Waals surface area contributed by atoms with Crippen molar-refractivity contribution in [3.63, 3.8) is 0 Å². The van der Waals surface area contributed by atoms with Crippen LogP contribution in [0.1, 0.15) is 37.5 Å². The zero-order chi connectivity index (χ0) is 23.2. The van der Waals surface area contributed by atoms with E-state index in [-0.39, 0.29) is 18.0 Å². The van der Waals surface area contributed by atoms with E-state index in [0.29, 0.717) is 29.5 Å². The zero-order valence-corrected chi connectivity index (χ0v) is 18.8. The minimum Gasteiger partial charge on any atom is -0.491 e. The molecule has 0 bridgehead atoms. The molecule has 7 nitrogen and oxygen atoms in total. The number of amidine groups is 1. The first kappa shape index (κ1) is 20.8. The minimum absolute atomic E-state index is 0.00258. The number of benzene rings is 2. The Morgan fingerprint density at radius 1 is 1.12 bits per heavy atom. The summed E-state index contributed by atoms with van der Waals surface area (Å²) >= 11 is 0. The molecule has 0 aliphatic carbocycles. The van der Waals surface area contributed by atoms with Crippen LogP contribution in [0.3, 0.4) is 0 Å². The smallest absolute Gasteiger partial charge is 0.283 e. The van der Waals surface area contributed by atoms with E-state index in [1.54, 1.807) is 12.3 Å². The van der Waals surface area contributed by atoms with E-state index in [9.17, 15) is 5.26 Å². The number of ether oxygens (including phenoxy) is 3. The molecular formula is C26H24N4O3. The highest BCUT2D eigenvalue weighted by atomic mass is 16.5. The SMILES string of the molecule is CC(C)(C)COc1cnc2c(c1)[C@]1(COC(N)=N1)c1cc(-c3cccc(C#N)c3)ccc1O2. The minimum atomic E-state index is -0.899. The molecule has 7 heteroatoms. The molecule has 2 N–H and O–H groups in total. The maximum Gasteiger partial charge on any atom is 0.283 e. The summed E-state index contributed by atoms with van der Waals surface area (Å²) in [4.78, 5) is 9.24. The first-order valence-electron chi connectivity index (χ1n) is 10.7. The van der Waals surface area contributed by atoms with Crippen LogP contribution in [0, 0.1) is 16.7 Å². The Balaban J connectivity index is 1.63. The Kier molecular flexibility index (Phi) is 4.75. The number of nitrogens with two attached hydrogens (primary N) is 1. The summed E-state index contributed by atoms with van der Waals surface area (Å²) in [7, 11) is 0. The molecule has 166 valence electrons. The lowest BCUT2D eigenvalue weighted by molar-refractivity contribution is 0.196. The lowest BCUT2D eigenvalue weighted by Crippen LogP contribution is -2.31. The van der Waals surface area contributed by atoms with Crippen LogP contribution in [-0.4, -0.2) is 24.2 Å². The molecule has 33 heavy (non-hydrogen) atoms. The summed E-state index contributed by atoms with van der Waals surface area (Å²) in [6, 6.07) is 17.6. The molecule has 2 aliphatic heterocycles. The largest absolute Gasteiger partial charge is 0.491 e. The van der Waals surface area contributed by atoms with Gasteiger partial charge in [0.1, 0.15) is 18.1 Å². The van der Waals surface area contributed by atoms with Crippen LogP contribution >= 0.6 is 0 Å². The van der Waals surface area contributed by atoms with Crippen molar-refractivity contribution < 1.29 is 14.2 Å². The van der Waals surface area contributed by atoms with Gasteiger partial charge in [-0.1, -0.05) is 39.0 Å². The summed E-state index contributed by atoms with van der Waals surface area (Å²) in [5.74, 6) is 1.72. The number of fused-ring (bicyclic) bond motifs is 4. The second-order valence-corrected chi connectivity index (χ2v) is 9.48. The van der Waals surface area contributed by atoms with Crippen LogP contribution in [0.4, 0.5) is 0 Å². The molecule has 2 aromatic carbocycles. The Labute approximate surface area is 192 Å². The van der Waals surface area contributed by atoms with Crippen LogP contribution in [0.25, 0.3) is 11.1 Å². The van der Waals surface area contributed by atoms with Crippen molar-refractivity contribution in [1.29, 1.82) is 5.26 Å². The lowest BCUT2D eigenvalue weighted by atomic mass is 9.81. The topological polar surface area (TPSA) is 103 Å². The summed E-state index contributed by atoms with van der Waals surface area (Å²) in [6.07, 6.45) is 1.66. The molecule has 0 saturated heterocycles. The Morgan fingerprint density at radius 2 is 1.94 bits per heavy atom. The highest BCUT2D eigenvalue weighted by Crippen LogP contribution is 2.51. The van der Waals surface area contributed by atoms with Gasteiger partial charge < -0.3 is 19.9 Å². The van der Waals surface area contributed by atoms with Crippen molar-refractivity contribution in [3.8, 4) is 34.6 Å². The van der Waals surface area contributed by atoms with Gasteiger partial charge in [-0.15, -0.1) is 0 Å². The second kappa shape index (κ2) is 7.52. The predicted octanol–water partition coefficient (Wildman–Crippen LogP) is 4.74. The third kappa shape index (κ3) is 3.74. The third-order valence-corrected chi connectivity index (χ3v) is 5.63. The molecule has 1 aromatic heterocycles. The fourth-order valence-electron chi connectivity index (χ4n) is 4.04. The van der Waals surface area contributed by atoms with E-state index in [4.69, 9.17) is 24.9 Å². The van der Waals surface area contributed by atoms with Gasteiger partial charge in [0.05, 0.1) is 30.0 Å². The van der Waals surface area contributed by atoms with Crippen LogP contribution in [-0.2, 0) is 10.3 Å². The van der Waals surface area contributed by atoms with Crippen molar-refractivity contribution in [1.82, 2.24) is 4.98 Å². The summed E-state index contributed by atoms with van der Waals surface area (Å²) in [5, 5.41) is 9.29. The first-order chi connectivity index (χ1) is 15.8. The fourth-order valence-corrected chi connectivity index (χ4v) is 4.04. The van der Waals surface area contributed by atoms with Crippen LogP contribution in [0.5, 0.6) is 17.4 Å². The van der Waals surface area contributed by atoms with Crippen molar-refractivity contribution in [2.45, 2.75) is 26.3 Å². The Morgan fingerprint density at radius 3 is 2.67 bits per heavy atom. The van der Waals surface area contributed by atoms with E-state index in [1.807, 2.05) is 42.5 Å². The average molecular weight is 441 g/mol. The van der Waals surface area contributed by atoms with Crippen molar-refractivity contribution >= 4 is 6.02 Å². The second-order valence-electron chi connectivity index (χ2n) is 9.48. The van der Waals surface area contributed by atoms with Gasteiger partial charge in [0, 0.05) is 5.56 Å². The maximum atomic E-state index is 9.29. The number of pyridine rings is 1. The summed E-state index contributed by atoms with van der Waals surface area (Å²) in [5.41, 5.74) is 9.12. The molecule has 0 fully saturated rings. The fraction of sp³-hybridized carbons (Fsp3) is 0.269. The summed E-state index contributed by atoms with van der Waals surface area (Å²) < 4.78 is 17.8. The molecule has 0 radical (unpaired) electrons. The van der Waals surface area contributed by atoms with Gasteiger partial charge in [-0.25, -0.2) is 9.98 Å². The van der Waals surface area contributed by atoms with E-state index < -0.39 is 5.54 Å². The Hall–Kier alpha value is -4.05. The molecule has 1 spiro atoms. The van der Waals surface area contributed by atoms with Gasteiger partial charge in [0.2, 0.25) is 5.88 Å². The third-order valence-electron chi connectivity index (χ3n) is 5.63. The van der Waals surface area contributed by atoms with Gasteiger partial charge in [-0.3, -0.25) is 0 Å². The number of aromatic nitrogens is 1. The quantitative estimate of drug-likeness (QED) is 0.631. The maximum absolute atomic E-state index is 9.29. The number of aliphatic imine (C=N–C) groups is 1. The molecule has 0 saturated carbocycles. The lowest BCUT2D eigenvalue weighted by Gasteiger charge is -2.33. The number of nitriles is 1. The number of rotatable bonds is 3. The van der Waals surface area contributed by atoms with Crippen LogP contribution in [0.15, 0.2) is 59.7 Å². The number of hydrogen-bond donors (Lipinski definition) is 1. The molecule has 1 atom stereocenters. The van der Waals surface area contributed by atoms with Gasteiger partial charge in [-0.2, -0.15) is 5.26 Å². The monoisotopic (exact) mass is 440 g/mol. The zero-order valence-electron chi connectivity index (χ0n) is 18.8. The molecule has 3 heterocycles. The van der Waals surface area contributed by atoms with Gasteiger partial charge >= 0.3 is 0 Å². The van der Waals surface area contributed by atoms with E-state index >= 15 is 0 Å². The van der Waals surface area contributed by atoms with E-state index in [1.165, 1.54) is 0 Å². The molecule has 0 unspecified atom stereocenters. The van der Waals surface area contributed by atoms with Gasteiger partial charge in [-0.05, 0) is 46.9 Å². The molecule has 0 amide bonds. The number of nitrogens with zero attached hydrogens (tertiary/aromatic N) is 3. The van der Waals surface area contributed by atoms with Crippen molar-refractivity contribution in [3.05, 3.63) is 71.4 Å².